The van der Waals surface area contributed by atoms with E-state index in [1.165, 1.54) is 0 Å². The highest BCUT2D eigenvalue weighted by molar-refractivity contribution is 5.85. The summed E-state index contributed by atoms with van der Waals surface area (Å²) in [5.41, 5.74) is 8.75. The molecular formula is C18H25Cl2N3O. The number of amides is 1. The van der Waals surface area contributed by atoms with Gasteiger partial charge in [0.1, 0.15) is 0 Å². The first-order chi connectivity index (χ1) is 10.8. The molecule has 24 heavy (non-hydrogen) atoms. The summed E-state index contributed by atoms with van der Waals surface area (Å²) in [6, 6.07) is 17.7. The molecule has 0 atom stereocenters. The van der Waals surface area contributed by atoms with E-state index in [-0.39, 0.29) is 30.7 Å². The first kappa shape index (κ1) is 22.1. The van der Waals surface area contributed by atoms with Crippen molar-refractivity contribution in [3.05, 3.63) is 60.2 Å². The van der Waals surface area contributed by atoms with Gasteiger partial charge < -0.3 is 16.4 Å². The number of carbonyl (C=O) groups is 1. The van der Waals surface area contributed by atoms with E-state index >= 15 is 0 Å². The van der Waals surface area contributed by atoms with Crippen LogP contribution in [0.25, 0.3) is 0 Å². The lowest BCUT2D eigenvalue weighted by molar-refractivity contribution is -0.121. The predicted molar refractivity (Wildman–Crippen MR) is 106 cm³/mol. The van der Waals surface area contributed by atoms with Gasteiger partial charge in [-0.2, -0.15) is 0 Å². The van der Waals surface area contributed by atoms with Gasteiger partial charge in [0.25, 0.3) is 0 Å². The lowest BCUT2D eigenvalue weighted by atomic mass is 10.1. The van der Waals surface area contributed by atoms with Crippen LogP contribution in [-0.2, 0) is 11.2 Å². The number of aryl methyl sites for hydroxylation is 1. The van der Waals surface area contributed by atoms with E-state index in [1.54, 1.807) is 0 Å². The van der Waals surface area contributed by atoms with Crippen molar-refractivity contribution in [1.29, 1.82) is 0 Å². The van der Waals surface area contributed by atoms with Crippen molar-refractivity contribution in [3.8, 4) is 0 Å². The second-order valence-corrected chi connectivity index (χ2v) is 5.20. The monoisotopic (exact) mass is 369 g/mol. The van der Waals surface area contributed by atoms with Gasteiger partial charge in [-0.1, -0.05) is 36.4 Å². The highest BCUT2D eigenvalue weighted by Gasteiger charge is 2.03. The van der Waals surface area contributed by atoms with E-state index in [0.29, 0.717) is 19.4 Å². The SMILES string of the molecule is Cl.Cl.Nc1ccccc1CCC(=O)NCCCNc1ccccc1. The highest BCUT2D eigenvalue weighted by atomic mass is 35.5. The number of carbonyl (C=O) groups excluding carboxylic acids is 1. The molecule has 2 rings (SSSR count). The molecule has 0 aliphatic carbocycles. The highest BCUT2D eigenvalue weighted by Crippen LogP contribution is 2.12. The van der Waals surface area contributed by atoms with Crippen molar-refractivity contribution in [2.75, 3.05) is 24.1 Å². The summed E-state index contributed by atoms with van der Waals surface area (Å²) >= 11 is 0. The number of para-hydroxylation sites is 2. The quantitative estimate of drug-likeness (QED) is 0.491. The fourth-order valence-electron chi connectivity index (χ4n) is 2.20. The zero-order valence-electron chi connectivity index (χ0n) is 13.5. The maximum Gasteiger partial charge on any atom is 0.220 e. The Labute approximate surface area is 156 Å². The molecule has 0 aromatic heterocycles. The minimum Gasteiger partial charge on any atom is -0.399 e. The van der Waals surface area contributed by atoms with Crippen molar-refractivity contribution in [3.63, 3.8) is 0 Å². The van der Waals surface area contributed by atoms with Crippen LogP contribution in [0.3, 0.4) is 0 Å². The Bertz CT molecular complexity index is 594. The van der Waals surface area contributed by atoms with Crippen LogP contribution in [0.5, 0.6) is 0 Å². The van der Waals surface area contributed by atoms with E-state index in [0.717, 1.165) is 29.9 Å². The zero-order chi connectivity index (χ0) is 15.6. The molecule has 0 spiro atoms. The van der Waals surface area contributed by atoms with E-state index in [9.17, 15) is 4.79 Å². The third kappa shape index (κ3) is 8.09. The molecule has 4 N–H and O–H groups in total. The van der Waals surface area contributed by atoms with Gasteiger partial charge in [0.05, 0.1) is 0 Å². The van der Waals surface area contributed by atoms with Crippen LogP contribution in [0.1, 0.15) is 18.4 Å². The molecule has 0 saturated heterocycles. The van der Waals surface area contributed by atoms with Gasteiger partial charge in [0.2, 0.25) is 5.91 Å². The number of benzene rings is 2. The van der Waals surface area contributed by atoms with Gasteiger partial charge >= 0.3 is 0 Å². The van der Waals surface area contributed by atoms with Gasteiger partial charge in [0.15, 0.2) is 0 Å². The molecule has 0 radical (unpaired) electrons. The molecule has 132 valence electrons. The third-order valence-electron chi connectivity index (χ3n) is 3.46. The Hall–Kier alpha value is -1.91. The van der Waals surface area contributed by atoms with Crippen molar-refractivity contribution >= 4 is 42.1 Å². The normalized spacial score (nSPS) is 9.33. The number of anilines is 2. The minimum atomic E-state index is 0. The summed E-state index contributed by atoms with van der Waals surface area (Å²) in [5, 5.41) is 6.25. The van der Waals surface area contributed by atoms with E-state index in [2.05, 4.69) is 10.6 Å². The van der Waals surface area contributed by atoms with E-state index < -0.39 is 0 Å². The number of nitrogens with two attached hydrogens (primary N) is 1. The molecule has 0 aliphatic heterocycles. The average Bonchev–Trinajstić information content (AvgIpc) is 2.55. The standard InChI is InChI=1S/C18H23N3O.2ClH/c19-17-10-5-4-7-15(17)11-12-18(22)21-14-6-13-20-16-8-2-1-3-9-16;;/h1-5,7-10,20H,6,11-14,19H2,(H,21,22);2*1H. The molecule has 0 fully saturated rings. The third-order valence-corrected chi connectivity index (χ3v) is 3.46. The zero-order valence-corrected chi connectivity index (χ0v) is 15.2. The molecule has 0 aliphatic rings. The molecule has 4 nitrogen and oxygen atoms in total. The van der Waals surface area contributed by atoms with Gasteiger partial charge in [-0.15, -0.1) is 24.8 Å². The molecule has 0 bridgehead atoms. The first-order valence-electron chi connectivity index (χ1n) is 7.65. The fraction of sp³-hybridized carbons (Fsp3) is 0.278. The van der Waals surface area contributed by atoms with Crippen LogP contribution in [0, 0.1) is 0 Å². The number of halogens is 2. The largest absolute Gasteiger partial charge is 0.399 e. The lowest BCUT2D eigenvalue weighted by Crippen LogP contribution is -2.26. The Kier molecular flexibility index (Phi) is 11.5. The summed E-state index contributed by atoms with van der Waals surface area (Å²) < 4.78 is 0. The summed E-state index contributed by atoms with van der Waals surface area (Å²) in [4.78, 5) is 11.8. The average molecular weight is 370 g/mol. The minimum absolute atomic E-state index is 0. The fourth-order valence-corrected chi connectivity index (χ4v) is 2.20. The lowest BCUT2D eigenvalue weighted by Gasteiger charge is -2.08. The van der Waals surface area contributed by atoms with Gasteiger partial charge in [-0.25, -0.2) is 0 Å². The molecule has 0 unspecified atom stereocenters. The number of nitrogens with one attached hydrogen (secondary N) is 2. The first-order valence-corrected chi connectivity index (χ1v) is 7.65. The van der Waals surface area contributed by atoms with Crippen molar-refractivity contribution < 1.29 is 4.79 Å². The van der Waals surface area contributed by atoms with Crippen LogP contribution in [0.4, 0.5) is 11.4 Å². The van der Waals surface area contributed by atoms with Gasteiger partial charge in [-0.05, 0) is 36.6 Å². The maximum absolute atomic E-state index is 11.8. The maximum atomic E-state index is 11.8. The second-order valence-electron chi connectivity index (χ2n) is 5.20. The molecule has 2 aromatic carbocycles. The number of rotatable bonds is 8. The Balaban J connectivity index is 0.00000264. The predicted octanol–water partition coefficient (Wildman–Crippen LogP) is 3.66. The van der Waals surface area contributed by atoms with Crippen LogP contribution in [0.2, 0.25) is 0 Å². The van der Waals surface area contributed by atoms with Crippen LogP contribution in [-0.4, -0.2) is 19.0 Å². The number of hydrogen-bond donors (Lipinski definition) is 3. The summed E-state index contributed by atoms with van der Waals surface area (Å²) in [6.45, 7) is 1.53. The van der Waals surface area contributed by atoms with Crippen LogP contribution >= 0.6 is 24.8 Å². The van der Waals surface area contributed by atoms with Crippen molar-refractivity contribution in [1.82, 2.24) is 5.32 Å². The number of hydrogen-bond acceptors (Lipinski definition) is 3. The topological polar surface area (TPSA) is 67.2 Å². The van der Waals surface area contributed by atoms with Crippen molar-refractivity contribution in [2.24, 2.45) is 0 Å². The molecule has 6 heteroatoms. The van der Waals surface area contributed by atoms with E-state index in [1.807, 2.05) is 54.6 Å². The van der Waals surface area contributed by atoms with Crippen LogP contribution < -0.4 is 16.4 Å². The van der Waals surface area contributed by atoms with Gasteiger partial charge in [0, 0.05) is 30.9 Å². The Morgan fingerprint density at radius 2 is 1.58 bits per heavy atom. The smallest absolute Gasteiger partial charge is 0.220 e. The summed E-state index contributed by atoms with van der Waals surface area (Å²) in [7, 11) is 0. The Morgan fingerprint density at radius 1 is 0.917 bits per heavy atom. The molecule has 0 saturated carbocycles. The van der Waals surface area contributed by atoms with Gasteiger partial charge in [-0.3, -0.25) is 4.79 Å². The molecule has 2 aromatic rings. The molecule has 1 amide bonds. The van der Waals surface area contributed by atoms with Crippen LogP contribution in [0.15, 0.2) is 54.6 Å². The van der Waals surface area contributed by atoms with Crippen molar-refractivity contribution in [2.45, 2.75) is 19.3 Å². The molecule has 0 heterocycles. The molecular weight excluding hydrogens is 345 g/mol. The summed E-state index contributed by atoms with van der Waals surface area (Å²) in [6.07, 6.45) is 2.05. The second kappa shape index (κ2) is 12.5. The van der Waals surface area contributed by atoms with E-state index in [4.69, 9.17) is 5.73 Å². The number of nitrogen functional groups attached to an aromatic ring is 1. The summed E-state index contributed by atoms with van der Waals surface area (Å²) in [5.74, 6) is 0.0722. The Morgan fingerprint density at radius 3 is 2.29 bits per heavy atom.